The van der Waals surface area contributed by atoms with E-state index in [2.05, 4.69) is 4.74 Å². The van der Waals surface area contributed by atoms with E-state index in [1.54, 1.807) is 7.05 Å². The fourth-order valence-corrected chi connectivity index (χ4v) is 2.36. The molecular formula is C20H21F2NO5. The first kappa shape index (κ1) is 21.1. The van der Waals surface area contributed by atoms with Gasteiger partial charge >= 0.3 is 12.6 Å². The van der Waals surface area contributed by atoms with Gasteiger partial charge in [0.05, 0.1) is 12.7 Å². The highest BCUT2D eigenvalue weighted by molar-refractivity contribution is 5.92. The summed E-state index contributed by atoms with van der Waals surface area (Å²) in [5, 5.41) is 0. The minimum Gasteiger partial charge on any atom is -0.493 e. The molecule has 0 heterocycles. The standard InChI is InChI=1S/C20H21F2NO5/c1-13-4-6-14(7-5-13)11-23(2)18(24)12-27-19(25)15-8-9-16(28-20(21)22)17(10-15)26-3/h4-10,20H,11-12H2,1-3H3. The van der Waals surface area contributed by atoms with Crippen LogP contribution in [-0.4, -0.2) is 44.2 Å². The van der Waals surface area contributed by atoms with Crippen molar-refractivity contribution >= 4 is 11.9 Å². The molecule has 8 heteroatoms. The van der Waals surface area contributed by atoms with Gasteiger partial charge < -0.3 is 19.1 Å². The SMILES string of the molecule is COc1cc(C(=O)OCC(=O)N(C)Cc2ccc(C)cc2)ccc1OC(F)F. The van der Waals surface area contributed by atoms with Crippen LogP contribution in [0.2, 0.25) is 0 Å². The summed E-state index contributed by atoms with van der Waals surface area (Å²) in [5.41, 5.74) is 2.12. The van der Waals surface area contributed by atoms with Gasteiger partial charge in [0, 0.05) is 13.6 Å². The largest absolute Gasteiger partial charge is 0.493 e. The summed E-state index contributed by atoms with van der Waals surface area (Å²) in [6.45, 7) is -1.12. The van der Waals surface area contributed by atoms with Crippen LogP contribution in [0, 0.1) is 6.92 Å². The molecule has 2 rings (SSSR count). The number of alkyl halides is 2. The molecule has 0 radical (unpaired) electrons. The number of ether oxygens (including phenoxy) is 3. The van der Waals surface area contributed by atoms with Gasteiger partial charge in [0.1, 0.15) is 0 Å². The highest BCUT2D eigenvalue weighted by Gasteiger charge is 2.17. The summed E-state index contributed by atoms with van der Waals surface area (Å²) >= 11 is 0. The van der Waals surface area contributed by atoms with E-state index < -0.39 is 19.2 Å². The van der Waals surface area contributed by atoms with Gasteiger partial charge in [-0.25, -0.2) is 4.79 Å². The number of benzene rings is 2. The first-order chi connectivity index (χ1) is 13.3. The number of esters is 1. The van der Waals surface area contributed by atoms with Gasteiger partial charge in [-0.15, -0.1) is 0 Å². The topological polar surface area (TPSA) is 65.1 Å². The molecule has 0 aromatic heterocycles. The van der Waals surface area contributed by atoms with Crippen molar-refractivity contribution in [3.8, 4) is 11.5 Å². The zero-order valence-corrected chi connectivity index (χ0v) is 15.8. The molecule has 0 aliphatic heterocycles. The predicted octanol–water partition coefficient (Wildman–Crippen LogP) is 3.42. The van der Waals surface area contributed by atoms with E-state index in [1.165, 1.54) is 30.2 Å². The van der Waals surface area contributed by atoms with Gasteiger partial charge in [0.2, 0.25) is 0 Å². The van der Waals surface area contributed by atoms with Crippen molar-refractivity contribution in [2.24, 2.45) is 0 Å². The maximum atomic E-state index is 12.3. The van der Waals surface area contributed by atoms with Gasteiger partial charge in [-0.2, -0.15) is 8.78 Å². The zero-order chi connectivity index (χ0) is 20.7. The summed E-state index contributed by atoms with van der Waals surface area (Å²) in [6, 6.07) is 11.4. The lowest BCUT2D eigenvalue weighted by molar-refractivity contribution is -0.133. The molecule has 6 nitrogen and oxygen atoms in total. The average molecular weight is 393 g/mol. The second-order valence-electron chi connectivity index (χ2n) is 6.06. The Morgan fingerprint density at radius 3 is 2.36 bits per heavy atom. The molecule has 0 unspecified atom stereocenters. The molecule has 0 spiro atoms. The maximum absolute atomic E-state index is 12.3. The summed E-state index contributed by atoms with van der Waals surface area (Å²) in [7, 11) is 2.86. The monoisotopic (exact) mass is 393 g/mol. The Hall–Kier alpha value is -3.16. The third-order valence-corrected chi connectivity index (χ3v) is 3.91. The molecule has 0 saturated heterocycles. The fourth-order valence-electron chi connectivity index (χ4n) is 2.36. The Morgan fingerprint density at radius 2 is 1.75 bits per heavy atom. The quantitative estimate of drug-likeness (QED) is 0.643. The number of rotatable bonds is 8. The highest BCUT2D eigenvalue weighted by atomic mass is 19.3. The fraction of sp³-hybridized carbons (Fsp3) is 0.300. The first-order valence-corrected chi connectivity index (χ1v) is 8.39. The Labute approximate surface area is 161 Å². The van der Waals surface area contributed by atoms with Crippen LogP contribution in [0.15, 0.2) is 42.5 Å². The van der Waals surface area contributed by atoms with Crippen molar-refractivity contribution in [1.82, 2.24) is 4.90 Å². The van der Waals surface area contributed by atoms with E-state index in [0.717, 1.165) is 11.1 Å². The van der Waals surface area contributed by atoms with Crippen molar-refractivity contribution < 1.29 is 32.6 Å². The molecule has 0 atom stereocenters. The van der Waals surface area contributed by atoms with Crippen LogP contribution in [0.25, 0.3) is 0 Å². The number of aryl methyl sites for hydroxylation is 1. The van der Waals surface area contributed by atoms with Crippen molar-refractivity contribution in [2.45, 2.75) is 20.1 Å². The summed E-state index contributed by atoms with van der Waals surface area (Å²) < 4.78 is 38.9. The average Bonchev–Trinajstić information content (AvgIpc) is 2.67. The minimum absolute atomic E-state index is 0.0439. The summed E-state index contributed by atoms with van der Waals surface area (Å²) in [6.07, 6.45) is 0. The smallest absolute Gasteiger partial charge is 0.387 e. The van der Waals surface area contributed by atoms with Gasteiger partial charge in [0.15, 0.2) is 18.1 Å². The first-order valence-electron chi connectivity index (χ1n) is 8.39. The van der Waals surface area contributed by atoms with Crippen molar-refractivity contribution in [1.29, 1.82) is 0 Å². The molecule has 2 aromatic rings. The Morgan fingerprint density at radius 1 is 1.07 bits per heavy atom. The Balaban J connectivity index is 1.93. The molecule has 2 aromatic carbocycles. The van der Waals surface area contributed by atoms with E-state index in [0.29, 0.717) is 6.54 Å². The Kier molecular flexibility index (Phi) is 7.31. The van der Waals surface area contributed by atoms with E-state index >= 15 is 0 Å². The highest BCUT2D eigenvalue weighted by Crippen LogP contribution is 2.29. The number of carbonyl (C=O) groups excluding carboxylic acids is 2. The molecule has 0 N–H and O–H groups in total. The van der Waals surface area contributed by atoms with Gasteiger partial charge in [-0.3, -0.25) is 4.79 Å². The van der Waals surface area contributed by atoms with Crippen LogP contribution < -0.4 is 9.47 Å². The number of carbonyl (C=O) groups is 2. The number of amides is 1. The van der Waals surface area contributed by atoms with E-state index in [-0.39, 0.29) is 23.0 Å². The maximum Gasteiger partial charge on any atom is 0.387 e. The van der Waals surface area contributed by atoms with Crippen LogP contribution in [0.3, 0.4) is 0 Å². The van der Waals surface area contributed by atoms with Crippen molar-refractivity contribution in [2.75, 3.05) is 20.8 Å². The van der Waals surface area contributed by atoms with Crippen LogP contribution in [0.1, 0.15) is 21.5 Å². The number of halogens is 2. The molecule has 0 fully saturated rings. The number of nitrogens with zero attached hydrogens (tertiary/aromatic N) is 1. The second-order valence-corrected chi connectivity index (χ2v) is 6.06. The van der Waals surface area contributed by atoms with Gasteiger partial charge in [-0.1, -0.05) is 29.8 Å². The van der Waals surface area contributed by atoms with Crippen LogP contribution in [0.4, 0.5) is 8.78 Å². The molecule has 0 aliphatic rings. The second kappa shape index (κ2) is 9.68. The third-order valence-electron chi connectivity index (χ3n) is 3.91. The van der Waals surface area contributed by atoms with Crippen molar-refractivity contribution in [3.05, 3.63) is 59.2 Å². The van der Waals surface area contributed by atoms with Crippen LogP contribution >= 0.6 is 0 Å². The van der Waals surface area contributed by atoms with E-state index in [4.69, 9.17) is 9.47 Å². The molecule has 0 aliphatic carbocycles. The number of hydrogen-bond donors (Lipinski definition) is 0. The lowest BCUT2D eigenvalue weighted by Crippen LogP contribution is -2.30. The van der Waals surface area contributed by atoms with Gasteiger partial charge in [0.25, 0.3) is 5.91 Å². The summed E-state index contributed by atoms with van der Waals surface area (Å²) in [5.74, 6) is -1.40. The minimum atomic E-state index is -3.02. The molecule has 0 bridgehead atoms. The third kappa shape index (κ3) is 5.94. The Bertz CT molecular complexity index is 824. The van der Waals surface area contributed by atoms with E-state index in [9.17, 15) is 18.4 Å². The lowest BCUT2D eigenvalue weighted by atomic mass is 10.1. The zero-order valence-electron chi connectivity index (χ0n) is 15.8. The number of likely N-dealkylation sites (N-methyl/N-ethyl adjacent to an activating group) is 1. The lowest BCUT2D eigenvalue weighted by Gasteiger charge is -2.17. The van der Waals surface area contributed by atoms with Crippen LogP contribution in [-0.2, 0) is 16.1 Å². The molecule has 28 heavy (non-hydrogen) atoms. The normalized spacial score (nSPS) is 10.5. The van der Waals surface area contributed by atoms with Crippen LogP contribution in [0.5, 0.6) is 11.5 Å². The molecular weight excluding hydrogens is 372 g/mol. The molecule has 1 amide bonds. The van der Waals surface area contributed by atoms with Crippen molar-refractivity contribution in [3.63, 3.8) is 0 Å². The predicted molar refractivity (Wildman–Crippen MR) is 97.6 cm³/mol. The number of methoxy groups -OCH3 is 1. The molecule has 0 saturated carbocycles. The van der Waals surface area contributed by atoms with E-state index in [1.807, 2.05) is 31.2 Å². The molecule has 150 valence electrons. The van der Waals surface area contributed by atoms with Gasteiger partial charge in [-0.05, 0) is 30.7 Å². The summed E-state index contributed by atoms with van der Waals surface area (Å²) in [4.78, 5) is 25.7. The number of hydrogen-bond acceptors (Lipinski definition) is 5.